The topological polar surface area (TPSA) is 41.1 Å². The lowest BCUT2D eigenvalue weighted by molar-refractivity contribution is 0.566. The van der Waals surface area contributed by atoms with Crippen LogP contribution >= 0.6 is 11.6 Å². The maximum Gasteiger partial charge on any atom is 0.225 e. The summed E-state index contributed by atoms with van der Waals surface area (Å²) < 4.78 is 13.9. The summed E-state index contributed by atoms with van der Waals surface area (Å²) in [6.07, 6.45) is 4.38. The van der Waals surface area contributed by atoms with Gasteiger partial charge < -0.3 is 10.2 Å². The molecule has 0 spiro atoms. The Kier molecular flexibility index (Phi) is 4.55. The summed E-state index contributed by atoms with van der Waals surface area (Å²) in [5.74, 6) is 0.325. The van der Waals surface area contributed by atoms with Crippen molar-refractivity contribution >= 4 is 17.5 Å². The highest BCUT2D eigenvalue weighted by Crippen LogP contribution is 2.25. The molecular weight excluding hydrogens is 303 g/mol. The summed E-state index contributed by atoms with van der Waals surface area (Å²) in [5, 5.41) is 3.81. The highest BCUT2D eigenvalue weighted by Gasteiger charge is 2.16. The Morgan fingerprint density at radius 1 is 1.27 bits per heavy atom. The van der Waals surface area contributed by atoms with E-state index in [2.05, 4.69) is 27.1 Å². The Hall–Kier alpha value is -1.72. The molecule has 4 nitrogen and oxygen atoms in total. The fraction of sp³-hybridized carbons (Fsp3) is 0.375. The van der Waals surface area contributed by atoms with Gasteiger partial charge in [-0.05, 0) is 31.5 Å². The Labute approximate surface area is 134 Å². The van der Waals surface area contributed by atoms with E-state index in [1.165, 1.54) is 6.07 Å². The van der Waals surface area contributed by atoms with Gasteiger partial charge in [0, 0.05) is 54.2 Å². The lowest BCUT2D eigenvalue weighted by atomic mass is 10.1. The third-order valence-corrected chi connectivity index (χ3v) is 4.10. The van der Waals surface area contributed by atoms with Gasteiger partial charge >= 0.3 is 0 Å². The number of hydrogen-bond acceptors (Lipinski definition) is 4. The van der Waals surface area contributed by atoms with Crippen LogP contribution in [0.25, 0.3) is 11.1 Å². The second-order valence-electron chi connectivity index (χ2n) is 5.53. The van der Waals surface area contributed by atoms with Crippen LogP contribution < -0.4 is 10.2 Å². The molecule has 0 radical (unpaired) electrons. The van der Waals surface area contributed by atoms with Crippen LogP contribution in [-0.2, 0) is 0 Å². The zero-order valence-corrected chi connectivity index (χ0v) is 13.1. The van der Waals surface area contributed by atoms with Crippen molar-refractivity contribution in [2.45, 2.75) is 19.4 Å². The summed E-state index contributed by atoms with van der Waals surface area (Å²) in [5.41, 5.74) is 1.11. The van der Waals surface area contributed by atoms with Crippen LogP contribution in [0.4, 0.5) is 10.3 Å². The predicted molar refractivity (Wildman–Crippen MR) is 86.7 cm³/mol. The fourth-order valence-electron chi connectivity index (χ4n) is 2.56. The summed E-state index contributed by atoms with van der Waals surface area (Å²) in [6, 6.07) is 5.11. The molecule has 0 amide bonds. The number of hydrogen-bond donors (Lipinski definition) is 1. The van der Waals surface area contributed by atoms with E-state index in [0.29, 0.717) is 28.1 Å². The van der Waals surface area contributed by atoms with E-state index < -0.39 is 0 Å². The van der Waals surface area contributed by atoms with Crippen LogP contribution in [0, 0.1) is 5.82 Å². The Morgan fingerprint density at radius 3 is 2.77 bits per heavy atom. The van der Waals surface area contributed by atoms with E-state index in [0.717, 1.165) is 26.1 Å². The van der Waals surface area contributed by atoms with Crippen LogP contribution in [-0.4, -0.2) is 35.6 Å². The lowest BCUT2D eigenvalue weighted by Gasteiger charge is -2.19. The van der Waals surface area contributed by atoms with Gasteiger partial charge in [0.1, 0.15) is 5.82 Å². The molecule has 1 aliphatic rings. The molecule has 116 valence electrons. The first-order valence-electron chi connectivity index (χ1n) is 7.39. The van der Waals surface area contributed by atoms with Gasteiger partial charge in [0.05, 0.1) is 0 Å². The molecule has 2 aromatic rings. The highest BCUT2D eigenvalue weighted by molar-refractivity contribution is 6.30. The minimum atomic E-state index is -0.364. The summed E-state index contributed by atoms with van der Waals surface area (Å²) in [7, 11) is 0. The fourth-order valence-corrected chi connectivity index (χ4v) is 2.72. The monoisotopic (exact) mass is 320 g/mol. The Balaban J connectivity index is 1.80. The normalized spacial score (nSPS) is 19.0. The van der Waals surface area contributed by atoms with Crippen LogP contribution in [0.2, 0.25) is 5.02 Å². The molecule has 6 heteroatoms. The molecule has 1 fully saturated rings. The summed E-state index contributed by atoms with van der Waals surface area (Å²) >= 11 is 5.77. The number of nitrogens with one attached hydrogen (secondary N) is 1. The number of rotatable bonds is 2. The molecule has 2 heterocycles. The van der Waals surface area contributed by atoms with Crippen LogP contribution in [0.5, 0.6) is 0 Å². The van der Waals surface area contributed by atoms with Crippen molar-refractivity contribution in [2.24, 2.45) is 0 Å². The van der Waals surface area contributed by atoms with E-state index in [9.17, 15) is 4.39 Å². The van der Waals surface area contributed by atoms with Gasteiger partial charge in [0.15, 0.2) is 0 Å². The third-order valence-electron chi connectivity index (χ3n) is 3.87. The molecule has 1 aliphatic heterocycles. The summed E-state index contributed by atoms with van der Waals surface area (Å²) in [4.78, 5) is 10.9. The molecule has 3 rings (SSSR count). The van der Waals surface area contributed by atoms with Crippen LogP contribution in [0.15, 0.2) is 30.6 Å². The van der Waals surface area contributed by atoms with Crippen molar-refractivity contribution in [3.05, 3.63) is 41.4 Å². The van der Waals surface area contributed by atoms with Crippen LogP contribution in [0.3, 0.4) is 0 Å². The molecule has 1 saturated heterocycles. The summed E-state index contributed by atoms with van der Waals surface area (Å²) in [6.45, 7) is 4.89. The van der Waals surface area contributed by atoms with E-state index in [-0.39, 0.29) is 5.82 Å². The molecule has 1 aromatic heterocycles. The lowest BCUT2D eigenvalue weighted by Crippen LogP contribution is -2.30. The van der Waals surface area contributed by atoms with Crippen molar-refractivity contribution in [3.8, 4) is 11.1 Å². The minimum absolute atomic E-state index is 0.364. The van der Waals surface area contributed by atoms with Crippen molar-refractivity contribution in [1.82, 2.24) is 15.3 Å². The van der Waals surface area contributed by atoms with Gasteiger partial charge in [-0.25, -0.2) is 14.4 Å². The van der Waals surface area contributed by atoms with Crippen molar-refractivity contribution < 1.29 is 4.39 Å². The van der Waals surface area contributed by atoms with Gasteiger partial charge in [-0.1, -0.05) is 11.6 Å². The molecule has 1 N–H and O–H groups in total. The van der Waals surface area contributed by atoms with Gasteiger partial charge in [0.25, 0.3) is 0 Å². The molecule has 0 saturated carbocycles. The number of anilines is 1. The predicted octanol–water partition coefficient (Wildman–Crippen LogP) is 3.12. The first-order valence-corrected chi connectivity index (χ1v) is 7.77. The van der Waals surface area contributed by atoms with Crippen molar-refractivity contribution in [1.29, 1.82) is 0 Å². The maximum atomic E-state index is 13.9. The molecule has 1 atom stereocenters. The van der Waals surface area contributed by atoms with E-state index in [4.69, 9.17) is 11.6 Å². The van der Waals surface area contributed by atoms with Gasteiger partial charge in [0.2, 0.25) is 5.95 Å². The standard InChI is InChI=1S/C16H18ClFN4/c1-11-4-6-22(7-5-19-11)16-20-9-12(10-21-16)14-3-2-13(17)8-15(14)18/h2-3,8-11,19H,4-7H2,1H3. The third kappa shape index (κ3) is 3.36. The van der Waals surface area contributed by atoms with Gasteiger partial charge in [-0.2, -0.15) is 0 Å². The van der Waals surface area contributed by atoms with Crippen molar-refractivity contribution in [3.63, 3.8) is 0 Å². The second kappa shape index (κ2) is 6.58. The number of aromatic nitrogens is 2. The molecule has 0 aliphatic carbocycles. The first kappa shape index (κ1) is 15.2. The largest absolute Gasteiger partial charge is 0.339 e. The van der Waals surface area contributed by atoms with E-state index >= 15 is 0 Å². The van der Waals surface area contributed by atoms with Gasteiger partial charge in [-0.3, -0.25) is 0 Å². The SMILES string of the molecule is CC1CCN(c2ncc(-c3ccc(Cl)cc3F)cn2)CCN1. The quantitative estimate of drug-likeness (QED) is 0.923. The van der Waals surface area contributed by atoms with Crippen molar-refractivity contribution in [2.75, 3.05) is 24.5 Å². The number of halogens is 2. The molecule has 22 heavy (non-hydrogen) atoms. The van der Waals surface area contributed by atoms with Crippen LogP contribution in [0.1, 0.15) is 13.3 Å². The smallest absolute Gasteiger partial charge is 0.225 e. The highest BCUT2D eigenvalue weighted by atomic mass is 35.5. The number of benzene rings is 1. The van der Waals surface area contributed by atoms with E-state index in [1.807, 2.05) is 0 Å². The first-order chi connectivity index (χ1) is 10.6. The van der Waals surface area contributed by atoms with Gasteiger partial charge in [-0.15, -0.1) is 0 Å². The average molecular weight is 321 g/mol. The van der Waals surface area contributed by atoms with E-state index in [1.54, 1.807) is 24.5 Å². The number of nitrogens with zero attached hydrogens (tertiary/aromatic N) is 3. The zero-order chi connectivity index (χ0) is 15.5. The average Bonchev–Trinajstić information content (AvgIpc) is 2.72. The maximum absolute atomic E-state index is 13.9. The molecule has 1 aromatic carbocycles. The Bertz CT molecular complexity index is 647. The zero-order valence-electron chi connectivity index (χ0n) is 12.4. The second-order valence-corrected chi connectivity index (χ2v) is 5.96. The molecule has 0 bridgehead atoms. The molecular formula is C16H18ClFN4. The minimum Gasteiger partial charge on any atom is -0.339 e. The Morgan fingerprint density at radius 2 is 2.05 bits per heavy atom. The molecule has 1 unspecified atom stereocenters.